The summed E-state index contributed by atoms with van der Waals surface area (Å²) in [5.74, 6) is 0.361. The van der Waals surface area contributed by atoms with Crippen molar-refractivity contribution in [3.8, 4) is 33.6 Å². The monoisotopic (exact) mass is 373 g/mol. The van der Waals surface area contributed by atoms with Crippen LogP contribution in [-0.4, -0.2) is 4.98 Å². The van der Waals surface area contributed by atoms with Crippen LogP contribution in [-0.2, 0) is 6.61 Å². The normalized spacial score (nSPS) is 10.5. The minimum absolute atomic E-state index is 0.269. The molecule has 0 aliphatic carbocycles. The Morgan fingerprint density at radius 1 is 1.19 bits per heavy atom. The van der Waals surface area contributed by atoms with Gasteiger partial charge in [0.1, 0.15) is 12.3 Å². The Balaban J connectivity index is 1.71. The number of furan rings is 1. The summed E-state index contributed by atoms with van der Waals surface area (Å²) >= 11 is 1.60. The third kappa shape index (κ3) is 3.54. The molecule has 27 heavy (non-hydrogen) atoms. The van der Waals surface area contributed by atoms with E-state index in [-0.39, 0.29) is 6.61 Å². The molecule has 0 aliphatic heterocycles. The van der Waals surface area contributed by atoms with E-state index in [4.69, 9.17) is 20.1 Å². The summed E-state index contributed by atoms with van der Waals surface area (Å²) in [5, 5.41) is 11.0. The molecule has 4 rings (SSSR count). The Bertz CT molecular complexity index is 1100. The van der Waals surface area contributed by atoms with Crippen LogP contribution in [0.3, 0.4) is 0 Å². The van der Waals surface area contributed by atoms with Gasteiger partial charge < -0.3 is 14.9 Å². The van der Waals surface area contributed by atoms with Gasteiger partial charge in [-0.05, 0) is 41.3 Å². The number of nitrogen functional groups attached to an aromatic ring is 1. The Morgan fingerprint density at radius 2 is 2.11 bits per heavy atom. The number of anilines is 1. The molecule has 0 atom stereocenters. The molecule has 0 aliphatic rings. The zero-order valence-corrected chi connectivity index (χ0v) is 15.1. The average Bonchev–Trinajstić information content (AvgIpc) is 3.41. The van der Waals surface area contributed by atoms with Crippen LogP contribution < -0.4 is 10.5 Å². The highest BCUT2D eigenvalue weighted by Gasteiger charge is 2.15. The quantitative estimate of drug-likeness (QED) is 0.526. The first kappa shape index (κ1) is 16.9. The largest absolute Gasteiger partial charge is 0.472 e. The maximum Gasteiger partial charge on any atom is 0.238 e. The van der Waals surface area contributed by atoms with Gasteiger partial charge in [-0.2, -0.15) is 5.26 Å². The number of hydrogen-bond donors (Lipinski definition) is 1. The van der Waals surface area contributed by atoms with E-state index in [0.717, 1.165) is 27.3 Å². The SMILES string of the molecule is N#Cc1cccc(COc2nc(-c3cccs3)cc(-c3ccoc3)c2N)c1. The smallest absolute Gasteiger partial charge is 0.238 e. The third-order valence-electron chi connectivity index (χ3n) is 4.06. The van der Waals surface area contributed by atoms with Crippen LogP contribution in [0.25, 0.3) is 21.7 Å². The first-order valence-electron chi connectivity index (χ1n) is 8.23. The highest BCUT2D eigenvalue weighted by atomic mass is 32.1. The van der Waals surface area contributed by atoms with Gasteiger partial charge in [0.25, 0.3) is 0 Å². The molecule has 132 valence electrons. The van der Waals surface area contributed by atoms with Crippen molar-refractivity contribution < 1.29 is 9.15 Å². The van der Waals surface area contributed by atoms with E-state index >= 15 is 0 Å². The summed E-state index contributed by atoms with van der Waals surface area (Å²) in [6.45, 7) is 0.269. The number of nitriles is 1. The van der Waals surface area contributed by atoms with E-state index in [2.05, 4.69) is 11.1 Å². The van der Waals surface area contributed by atoms with Gasteiger partial charge in [-0.3, -0.25) is 0 Å². The van der Waals surface area contributed by atoms with Gasteiger partial charge in [-0.1, -0.05) is 18.2 Å². The molecule has 6 heteroatoms. The second kappa shape index (κ2) is 7.36. The van der Waals surface area contributed by atoms with Gasteiger partial charge in [0.2, 0.25) is 5.88 Å². The average molecular weight is 373 g/mol. The minimum atomic E-state index is 0.269. The van der Waals surface area contributed by atoms with E-state index in [1.54, 1.807) is 36.0 Å². The number of nitrogens with two attached hydrogens (primary N) is 1. The number of ether oxygens (including phenoxy) is 1. The molecule has 1 aromatic carbocycles. The van der Waals surface area contributed by atoms with Gasteiger partial charge in [0.15, 0.2) is 0 Å². The van der Waals surface area contributed by atoms with Crippen molar-refractivity contribution in [2.24, 2.45) is 0 Å². The minimum Gasteiger partial charge on any atom is -0.472 e. The molecule has 0 fully saturated rings. The number of nitrogens with zero attached hydrogens (tertiary/aromatic N) is 2. The van der Waals surface area contributed by atoms with E-state index in [0.29, 0.717) is 17.1 Å². The molecule has 0 bridgehead atoms. The van der Waals surface area contributed by atoms with Crippen molar-refractivity contribution in [3.05, 3.63) is 77.6 Å². The lowest BCUT2D eigenvalue weighted by molar-refractivity contribution is 0.296. The van der Waals surface area contributed by atoms with Gasteiger partial charge >= 0.3 is 0 Å². The van der Waals surface area contributed by atoms with Crippen molar-refractivity contribution in [1.82, 2.24) is 4.98 Å². The number of hydrogen-bond acceptors (Lipinski definition) is 6. The number of pyridine rings is 1. The molecule has 3 heterocycles. The number of aromatic nitrogens is 1. The highest BCUT2D eigenvalue weighted by molar-refractivity contribution is 7.13. The van der Waals surface area contributed by atoms with Gasteiger partial charge in [0.05, 0.1) is 34.7 Å². The Kier molecular flexibility index (Phi) is 4.60. The molecule has 0 saturated carbocycles. The summed E-state index contributed by atoms with van der Waals surface area (Å²) in [7, 11) is 0. The Morgan fingerprint density at radius 3 is 2.85 bits per heavy atom. The van der Waals surface area contributed by atoms with Crippen molar-refractivity contribution in [1.29, 1.82) is 5.26 Å². The molecule has 0 amide bonds. The molecule has 5 nitrogen and oxygen atoms in total. The fourth-order valence-corrected chi connectivity index (χ4v) is 3.42. The lowest BCUT2D eigenvalue weighted by atomic mass is 10.1. The maximum absolute atomic E-state index is 9.04. The molecule has 0 saturated heterocycles. The molecule has 3 aromatic heterocycles. The summed E-state index contributed by atoms with van der Waals surface area (Å²) < 4.78 is 11.1. The molecular formula is C21H15N3O2S. The number of thiophene rings is 1. The standard InChI is InChI=1S/C21H15N3O2S/c22-11-14-3-1-4-15(9-14)12-26-21-20(23)17(16-6-7-25-13-16)10-18(24-21)19-5-2-8-27-19/h1-10,13H,12,23H2. The molecule has 0 radical (unpaired) electrons. The lowest BCUT2D eigenvalue weighted by Gasteiger charge is -2.13. The predicted octanol–water partition coefficient (Wildman–Crippen LogP) is 5.10. The maximum atomic E-state index is 9.04. The van der Waals surface area contributed by atoms with Gasteiger partial charge in [-0.25, -0.2) is 4.98 Å². The Labute approximate surface area is 160 Å². The van der Waals surface area contributed by atoms with Crippen LogP contribution in [0.15, 0.2) is 70.9 Å². The Hall–Kier alpha value is -3.56. The van der Waals surface area contributed by atoms with E-state index in [9.17, 15) is 0 Å². The predicted molar refractivity (Wildman–Crippen MR) is 105 cm³/mol. The number of benzene rings is 1. The van der Waals surface area contributed by atoms with Crippen LogP contribution in [0.4, 0.5) is 5.69 Å². The fourth-order valence-electron chi connectivity index (χ4n) is 2.73. The highest BCUT2D eigenvalue weighted by Crippen LogP contribution is 2.37. The topological polar surface area (TPSA) is 85.1 Å². The zero-order chi connectivity index (χ0) is 18.6. The van der Waals surface area contributed by atoms with Gasteiger partial charge in [0, 0.05) is 11.1 Å². The van der Waals surface area contributed by atoms with Crippen LogP contribution >= 0.6 is 11.3 Å². The van der Waals surface area contributed by atoms with E-state index < -0.39 is 0 Å². The van der Waals surface area contributed by atoms with Crippen LogP contribution in [0, 0.1) is 11.3 Å². The molecular weight excluding hydrogens is 358 g/mol. The van der Waals surface area contributed by atoms with E-state index in [1.807, 2.05) is 41.8 Å². The van der Waals surface area contributed by atoms with E-state index in [1.165, 1.54) is 0 Å². The third-order valence-corrected chi connectivity index (χ3v) is 4.95. The zero-order valence-electron chi connectivity index (χ0n) is 14.3. The summed E-state index contributed by atoms with van der Waals surface area (Å²) in [4.78, 5) is 5.63. The van der Waals surface area contributed by atoms with Crippen molar-refractivity contribution >= 4 is 17.0 Å². The van der Waals surface area contributed by atoms with Crippen LogP contribution in [0.1, 0.15) is 11.1 Å². The first-order valence-corrected chi connectivity index (χ1v) is 9.11. The van der Waals surface area contributed by atoms with Gasteiger partial charge in [-0.15, -0.1) is 11.3 Å². The molecule has 0 spiro atoms. The number of rotatable bonds is 5. The summed E-state index contributed by atoms with van der Waals surface area (Å²) in [6, 6.07) is 17.2. The van der Waals surface area contributed by atoms with Crippen LogP contribution in [0.2, 0.25) is 0 Å². The fraction of sp³-hybridized carbons (Fsp3) is 0.0476. The molecule has 4 aromatic rings. The van der Waals surface area contributed by atoms with Crippen molar-refractivity contribution in [2.75, 3.05) is 5.73 Å². The lowest BCUT2D eigenvalue weighted by Crippen LogP contribution is -2.03. The van der Waals surface area contributed by atoms with Crippen molar-refractivity contribution in [2.45, 2.75) is 6.61 Å². The second-order valence-corrected chi connectivity index (χ2v) is 6.81. The van der Waals surface area contributed by atoms with Crippen molar-refractivity contribution in [3.63, 3.8) is 0 Å². The summed E-state index contributed by atoms with van der Waals surface area (Å²) in [6.07, 6.45) is 3.25. The molecule has 2 N–H and O–H groups in total. The summed E-state index contributed by atoms with van der Waals surface area (Å²) in [5.41, 5.74) is 10.7. The first-order chi connectivity index (χ1) is 13.2. The van der Waals surface area contributed by atoms with Crippen LogP contribution in [0.5, 0.6) is 5.88 Å². The molecule has 0 unspecified atom stereocenters. The second-order valence-electron chi connectivity index (χ2n) is 5.86.